The van der Waals surface area contributed by atoms with Crippen LogP contribution < -0.4 is 0 Å². The van der Waals surface area contributed by atoms with E-state index in [0.29, 0.717) is 0 Å². The molecule has 9 aromatic rings. The van der Waals surface area contributed by atoms with E-state index >= 15 is 0 Å². The standard InChI is InChI=1S/C44H28N4/c1-3-9-30(10-4-1)39-25-21-33-19-20-34-22-26-40(48-44(34)43(33)47-39)38-24-23-35(36-13-7-8-14-37(36)38)29-15-17-32(18-16-29)42-28-45-41(27-46-42)31-11-5-2-6-12-31/h1-28H. The fourth-order valence-corrected chi connectivity index (χ4v) is 6.52. The predicted octanol–water partition coefficient (Wildman–Crippen LogP) is 11.1. The first-order valence-electron chi connectivity index (χ1n) is 16.0. The maximum Gasteiger partial charge on any atom is 0.0972 e. The lowest BCUT2D eigenvalue weighted by Crippen LogP contribution is -1.92. The first-order valence-corrected chi connectivity index (χ1v) is 16.0. The lowest BCUT2D eigenvalue weighted by atomic mass is 9.93. The lowest BCUT2D eigenvalue weighted by molar-refractivity contribution is 1.21. The Bertz CT molecular complexity index is 2580. The van der Waals surface area contributed by atoms with Crippen LogP contribution in [0.5, 0.6) is 0 Å². The van der Waals surface area contributed by atoms with E-state index < -0.39 is 0 Å². The van der Waals surface area contributed by atoms with Crippen molar-refractivity contribution >= 4 is 32.6 Å². The predicted molar refractivity (Wildman–Crippen MR) is 197 cm³/mol. The van der Waals surface area contributed by atoms with Crippen LogP contribution in [-0.4, -0.2) is 19.9 Å². The second-order valence-corrected chi connectivity index (χ2v) is 11.9. The van der Waals surface area contributed by atoms with Crippen molar-refractivity contribution in [3.63, 3.8) is 0 Å². The maximum atomic E-state index is 5.26. The van der Waals surface area contributed by atoms with Crippen LogP contribution in [0.3, 0.4) is 0 Å². The Morgan fingerprint density at radius 3 is 1.33 bits per heavy atom. The zero-order valence-corrected chi connectivity index (χ0v) is 26.0. The van der Waals surface area contributed by atoms with Crippen LogP contribution in [0.15, 0.2) is 170 Å². The molecule has 0 saturated carbocycles. The second kappa shape index (κ2) is 11.7. The molecule has 0 aliphatic rings. The SMILES string of the molecule is c1ccc(-c2cnc(-c3ccc(-c4ccc(-c5ccc6ccc7ccc(-c8ccccc8)nc7c6n5)c5ccccc45)cc3)cn2)cc1. The van der Waals surface area contributed by atoms with Crippen molar-refractivity contribution in [2.75, 3.05) is 0 Å². The van der Waals surface area contributed by atoms with Gasteiger partial charge in [-0.3, -0.25) is 9.97 Å². The molecule has 48 heavy (non-hydrogen) atoms. The number of hydrogen-bond donors (Lipinski definition) is 0. The van der Waals surface area contributed by atoms with Gasteiger partial charge in [-0.05, 0) is 34.0 Å². The molecule has 0 amide bonds. The summed E-state index contributed by atoms with van der Waals surface area (Å²) in [6, 6.07) is 54.8. The van der Waals surface area contributed by atoms with Crippen molar-refractivity contribution in [2.45, 2.75) is 0 Å². The van der Waals surface area contributed by atoms with Gasteiger partial charge in [0.05, 0.1) is 46.2 Å². The lowest BCUT2D eigenvalue weighted by Gasteiger charge is -2.13. The van der Waals surface area contributed by atoms with Gasteiger partial charge in [0.1, 0.15) is 0 Å². The minimum absolute atomic E-state index is 0.849. The van der Waals surface area contributed by atoms with Crippen molar-refractivity contribution in [1.29, 1.82) is 0 Å². The molecule has 9 rings (SSSR count). The van der Waals surface area contributed by atoms with Crippen LogP contribution in [0.2, 0.25) is 0 Å². The van der Waals surface area contributed by atoms with Gasteiger partial charge >= 0.3 is 0 Å². The van der Waals surface area contributed by atoms with Gasteiger partial charge in [0.25, 0.3) is 0 Å². The third-order valence-electron chi connectivity index (χ3n) is 9.00. The first-order chi connectivity index (χ1) is 23.8. The minimum Gasteiger partial charge on any atom is -0.252 e. The third-order valence-corrected chi connectivity index (χ3v) is 9.00. The molecule has 3 aromatic heterocycles. The summed E-state index contributed by atoms with van der Waals surface area (Å²) in [6.45, 7) is 0. The number of hydrogen-bond acceptors (Lipinski definition) is 4. The number of pyridine rings is 2. The molecule has 0 radical (unpaired) electrons. The van der Waals surface area contributed by atoms with E-state index in [2.05, 4.69) is 114 Å². The molecular formula is C44H28N4. The number of aromatic nitrogens is 4. The van der Waals surface area contributed by atoms with Crippen LogP contribution in [0, 0.1) is 0 Å². The monoisotopic (exact) mass is 612 g/mol. The van der Waals surface area contributed by atoms with Gasteiger partial charge in [-0.25, -0.2) is 9.97 Å². The first kappa shape index (κ1) is 27.8. The Hall–Kier alpha value is -6.52. The summed E-state index contributed by atoms with van der Waals surface area (Å²) in [6.07, 6.45) is 3.69. The molecule has 4 nitrogen and oxygen atoms in total. The molecule has 0 atom stereocenters. The highest BCUT2D eigenvalue weighted by molar-refractivity contribution is 6.07. The molecule has 0 aliphatic carbocycles. The fourth-order valence-electron chi connectivity index (χ4n) is 6.52. The van der Waals surface area contributed by atoms with Gasteiger partial charge in [0.2, 0.25) is 0 Å². The number of benzene rings is 6. The third kappa shape index (κ3) is 4.97. The van der Waals surface area contributed by atoms with E-state index in [0.717, 1.165) is 77.8 Å². The van der Waals surface area contributed by atoms with Gasteiger partial charge in [0, 0.05) is 33.0 Å². The summed E-state index contributed by atoms with van der Waals surface area (Å²) in [7, 11) is 0. The zero-order valence-electron chi connectivity index (χ0n) is 26.0. The Balaban J connectivity index is 1.09. The summed E-state index contributed by atoms with van der Waals surface area (Å²) >= 11 is 0. The van der Waals surface area contributed by atoms with Gasteiger partial charge in [0.15, 0.2) is 0 Å². The number of nitrogens with zero attached hydrogens (tertiary/aromatic N) is 4. The molecule has 0 spiro atoms. The molecule has 6 aromatic carbocycles. The summed E-state index contributed by atoms with van der Waals surface area (Å²) < 4.78 is 0. The van der Waals surface area contributed by atoms with Gasteiger partial charge in [-0.2, -0.15) is 0 Å². The largest absolute Gasteiger partial charge is 0.252 e. The molecule has 0 saturated heterocycles. The molecule has 0 fully saturated rings. The maximum absolute atomic E-state index is 5.26. The van der Waals surface area contributed by atoms with Gasteiger partial charge in [-0.15, -0.1) is 0 Å². The second-order valence-electron chi connectivity index (χ2n) is 11.9. The van der Waals surface area contributed by atoms with E-state index in [4.69, 9.17) is 15.0 Å². The van der Waals surface area contributed by atoms with Crippen LogP contribution in [0.1, 0.15) is 0 Å². The normalized spacial score (nSPS) is 11.3. The molecule has 224 valence electrons. The Morgan fingerprint density at radius 1 is 0.292 bits per heavy atom. The van der Waals surface area contributed by atoms with Crippen LogP contribution >= 0.6 is 0 Å². The Kier molecular flexibility index (Phi) is 6.76. The van der Waals surface area contributed by atoms with Crippen LogP contribution in [-0.2, 0) is 0 Å². The molecular weight excluding hydrogens is 585 g/mol. The van der Waals surface area contributed by atoms with E-state index in [1.54, 1.807) is 0 Å². The fraction of sp³-hybridized carbons (Fsp3) is 0. The van der Waals surface area contributed by atoms with Crippen molar-refractivity contribution < 1.29 is 0 Å². The highest BCUT2D eigenvalue weighted by atomic mass is 14.8. The van der Waals surface area contributed by atoms with Crippen LogP contribution in [0.25, 0.3) is 88.7 Å². The minimum atomic E-state index is 0.849. The zero-order chi connectivity index (χ0) is 31.9. The summed E-state index contributed by atoms with van der Waals surface area (Å²) in [5.74, 6) is 0. The summed E-state index contributed by atoms with van der Waals surface area (Å²) in [5, 5.41) is 4.49. The van der Waals surface area contributed by atoms with E-state index in [-0.39, 0.29) is 0 Å². The number of fused-ring (bicyclic) bond motifs is 4. The molecule has 0 unspecified atom stereocenters. The number of rotatable bonds is 5. The van der Waals surface area contributed by atoms with Crippen molar-refractivity contribution in [2.24, 2.45) is 0 Å². The smallest absolute Gasteiger partial charge is 0.0972 e. The van der Waals surface area contributed by atoms with E-state index in [1.165, 1.54) is 10.9 Å². The van der Waals surface area contributed by atoms with E-state index in [9.17, 15) is 0 Å². The molecule has 4 heteroatoms. The average molecular weight is 613 g/mol. The van der Waals surface area contributed by atoms with E-state index in [1.807, 2.05) is 60.9 Å². The van der Waals surface area contributed by atoms with Crippen molar-refractivity contribution in [1.82, 2.24) is 19.9 Å². The topological polar surface area (TPSA) is 51.6 Å². The quantitative estimate of drug-likeness (QED) is 0.181. The Morgan fingerprint density at radius 2 is 0.729 bits per heavy atom. The molecule has 3 heterocycles. The molecule has 0 bridgehead atoms. The highest BCUT2D eigenvalue weighted by Gasteiger charge is 2.13. The van der Waals surface area contributed by atoms with Gasteiger partial charge < -0.3 is 0 Å². The summed E-state index contributed by atoms with van der Waals surface area (Å²) in [5.41, 5.74) is 12.0. The molecule has 0 aliphatic heterocycles. The summed E-state index contributed by atoms with van der Waals surface area (Å²) in [4.78, 5) is 19.7. The van der Waals surface area contributed by atoms with Gasteiger partial charge in [-0.1, -0.05) is 146 Å². The van der Waals surface area contributed by atoms with Crippen molar-refractivity contribution in [3.8, 4) is 56.2 Å². The average Bonchev–Trinajstić information content (AvgIpc) is 3.18. The highest BCUT2D eigenvalue weighted by Crippen LogP contribution is 2.37. The Labute approximate surface area is 278 Å². The molecule has 0 N–H and O–H groups in total. The van der Waals surface area contributed by atoms with Crippen LogP contribution in [0.4, 0.5) is 0 Å². The van der Waals surface area contributed by atoms with Crippen molar-refractivity contribution in [3.05, 3.63) is 170 Å².